The predicted molar refractivity (Wildman–Crippen MR) is 99.3 cm³/mol. The lowest BCUT2D eigenvalue weighted by molar-refractivity contribution is 0.0469. The van der Waals surface area contributed by atoms with Crippen molar-refractivity contribution < 1.29 is 14.3 Å². The van der Waals surface area contributed by atoms with Crippen molar-refractivity contribution in [2.75, 3.05) is 6.61 Å². The van der Waals surface area contributed by atoms with E-state index in [1.54, 1.807) is 6.07 Å². The van der Waals surface area contributed by atoms with Gasteiger partial charge in [0.1, 0.15) is 0 Å². The van der Waals surface area contributed by atoms with E-state index in [1.165, 1.54) is 6.20 Å². The molecule has 0 radical (unpaired) electrons. The van der Waals surface area contributed by atoms with Gasteiger partial charge in [0, 0.05) is 11.8 Å². The number of hydrogen-bond acceptors (Lipinski definition) is 4. The summed E-state index contributed by atoms with van der Waals surface area (Å²) in [6, 6.07) is 1.80. The highest BCUT2D eigenvalue weighted by Crippen LogP contribution is 2.31. The van der Waals surface area contributed by atoms with Gasteiger partial charge in [-0.15, -0.1) is 0 Å². The van der Waals surface area contributed by atoms with Crippen molar-refractivity contribution in [3.05, 3.63) is 60.8 Å². The number of halogens is 3. The molecule has 0 unspecified atom stereocenters. The van der Waals surface area contributed by atoms with Crippen molar-refractivity contribution in [1.29, 1.82) is 0 Å². The Labute approximate surface area is 161 Å². The Morgan fingerprint density at radius 3 is 2.28 bits per heavy atom. The molecule has 0 aliphatic rings. The molecule has 4 nitrogen and oxygen atoms in total. The number of benzene rings is 1. The first kappa shape index (κ1) is 19.7. The third kappa shape index (κ3) is 3.97. The van der Waals surface area contributed by atoms with Crippen LogP contribution >= 0.6 is 34.8 Å². The van der Waals surface area contributed by atoms with E-state index in [-0.39, 0.29) is 26.5 Å². The maximum Gasteiger partial charge on any atom is 0.358 e. The van der Waals surface area contributed by atoms with E-state index >= 15 is 0 Å². The highest BCUT2D eigenvalue weighted by Gasteiger charge is 2.21. The van der Waals surface area contributed by atoms with Gasteiger partial charge in [-0.05, 0) is 56.0 Å². The number of ether oxygens (including phenoxy) is 1. The average molecular weight is 401 g/mol. The van der Waals surface area contributed by atoms with E-state index in [2.05, 4.69) is 4.98 Å². The zero-order valence-corrected chi connectivity index (χ0v) is 16.4. The lowest BCUT2D eigenvalue weighted by Crippen LogP contribution is -2.17. The van der Waals surface area contributed by atoms with Gasteiger partial charge >= 0.3 is 5.97 Å². The van der Waals surface area contributed by atoms with E-state index in [1.807, 2.05) is 27.7 Å². The minimum Gasteiger partial charge on any atom is -0.453 e. The van der Waals surface area contributed by atoms with Crippen molar-refractivity contribution in [1.82, 2.24) is 4.98 Å². The lowest BCUT2D eigenvalue weighted by atomic mass is 9.93. The lowest BCUT2D eigenvalue weighted by Gasteiger charge is -2.13. The number of Topliss-reactive ketones (excluding diaryl/α,β-unsaturated/α-hetero) is 1. The minimum atomic E-state index is -0.838. The maximum absolute atomic E-state index is 12.4. The summed E-state index contributed by atoms with van der Waals surface area (Å²) < 4.78 is 5.05. The molecule has 2 aromatic rings. The van der Waals surface area contributed by atoms with Crippen LogP contribution in [0.4, 0.5) is 0 Å². The molecule has 0 saturated heterocycles. The van der Waals surface area contributed by atoms with Gasteiger partial charge in [0.2, 0.25) is 5.78 Å². The number of pyridine rings is 1. The molecular weight excluding hydrogens is 385 g/mol. The highest BCUT2D eigenvalue weighted by molar-refractivity contribution is 6.48. The fourth-order valence-electron chi connectivity index (χ4n) is 2.36. The van der Waals surface area contributed by atoms with E-state index in [0.29, 0.717) is 5.56 Å². The third-order valence-corrected chi connectivity index (χ3v) is 5.47. The number of rotatable bonds is 4. The van der Waals surface area contributed by atoms with Crippen LogP contribution in [0.5, 0.6) is 0 Å². The molecule has 0 amide bonds. The van der Waals surface area contributed by atoms with Crippen LogP contribution in [-0.2, 0) is 4.74 Å². The molecule has 0 saturated carbocycles. The fourth-order valence-corrected chi connectivity index (χ4v) is 2.92. The fraction of sp³-hybridized carbons (Fsp3) is 0.278. The molecule has 0 bridgehead atoms. The normalized spacial score (nSPS) is 10.7. The van der Waals surface area contributed by atoms with E-state index in [0.717, 1.165) is 22.3 Å². The van der Waals surface area contributed by atoms with Gasteiger partial charge in [0.05, 0.1) is 15.1 Å². The third-order valence-electron chi connectivity index (χ3n) is 4.23. The standard InChI is InChI=1S/C18H16Cl3NO3/c1-8-5-12(11(4)10(3)9(8)2)14(23)7-25-18(24)17-16(21)15(20)13(19)6-22-17/h5-6H,7H2,1-4H3. The zero-order chi connectivity index (χ0) is 18.9. The first-order chi connectivity index (χ1) is 11.6. The summed E-state index contributed by atoms with van der Waals surface area (Å²) >= 11 is 17.6. The Bertz CT molecular complexity index is 879. The number of carbonyl (C=O) groups excluding carboxylic acids is 2. The van der Waals surface area contributed by atoms with Gasteiger partial charge in [0.15, 0.2) is 12.3 Å². The number of hydrogen-bond donors (Lipinski definition) is 0. The average Bonchev–Trinajstić information content (AvgIpc) is 2.58. The molecule has 132 valence electrons. The molecule has 1 aromatic heterocycles. The molecule has 0 aliphatic carbocycles. The first-order valence-corrected chi connectivity index (χ1v) is 8.55. The second-order valence-corrected chi connectivity index (χ2v) is 6.86. The SMILES string of the molecule is Cc1cc(C(=O)COC(=O)c2ncc(Cl)c(Cl)c2Cl)c(C)c(C)c1C. The Morgan fingerprint density at radius 2 is 1.64 bits per heavy atom. The quantitative estimate of drug-likeness (QED) is 0.515. The molecule has 2 rings (SSSR count). The Kier molecular flexibility index (Phi) is 6.09. The molecule has 0 N–H and O–H groups in total. The zero-order valence-electron chi connectivity index (χ0n) is 14.2. The summed E-state index contributed by atoms with van der Waals surface area (Å²) in [5, 5.41) is 0.0302. The van der Waals surface area contributed by atoms with Gasteiger partial charge in [-0.1, -0.05) is 34.8 Å². The summed E-state index contributed by atoms with van der Waals surface area (Å²) in [5.74, 6) is -1.14. The number of esters is 1. The first-order valence-electron chi connectivity index (χ1n) is 7.42. The van der Waals surface area contributed by atoms with Crippen molar-refractivity contribution in [3.8, 4) is 0 Å². The summed E-state index contributed by atoms with van der Waals surface area (Å²) in [4.78, 5) is 28.4. The van der Waals surface area contributed by atoms with Crippen LogP contribution in [0.15, 0.2) is 12.3 Å². The topological polar surface area (TPSA) is 56.3 Å². The number of ketones is 1. The molecular formula is C18H16Cl3NO3. The van der Waals surface area contributed by atoms with Crippen molar-refractivity contribution in [3.63, 3.8) is 0 Å². The summed E-state index contributed by atoms with van der Waals surface area (Å²) in [7, 11) is 0. The van der Waals surface area contributed by atoms with Crippen LogP contribution < -0.4 is 0 Å². The monoisotopic (exact) mass is 399 g/mol. The number of nitrogens with zero attached hydrogens (tertiary/aromatic N) is 1. The van der Waals surface area contributed by atoms with Gasteiger partial charge in [0.25, 0.3) is 0 Å². The number of aryl methyl sites for hydroxylation is 1. The van der Waals surface area contributed by atoms with Crippen LogP contribution in [-0.4, -0.2) is 23.3 Å². The van der Waals surface area contributed by atoms with E-state index in [9.17, 15) is 9.59 Å². The second-order valence-electron chi connectivity index (χ2n) is 5.70. The Hall–Kier alpha value is -1.62. The molecule has 7 heteroatoms. The molecule has 25 heavy (non-hydrogen) atoms. The summed E-state index contributed by atoms with van der Waals surface area (Å²) in [6.45, 7) is 7.35. The largest absolute Gasteiger partial charge is 0.453 e. The molecule has 0 atom stereocenters. The Morgan fingerprint density at radius 1 is 1.00 bits per heavy atom. The van der Waals surface area contributed by atoms with Gasteiger partial charge < -0.3 is 4.74 Å². The van der Waals surface area contributed by atoms with E-state index in [4.69, 9.17) is 39.5 Å². The molecule has 0 aliphatic heterocycles. The van der Waals surface area contributed by atoms with Gasteiger partial charge in [-0.25, -0.2) is 9.78 Å². The molecule has 1 heterocycles. The van der Waals surface area contributed by atoms with Crippen LogP contribution in [0, 0.1) is 27.7 Å². The smallest absolute Gasteiger partial charge is 0.358 e. The second kappa shape index (κ2) is 7.73. The van der Waals surface area contributed by atoms with Crippen LogP contribution in [0.25, 0.3) is 0 Å². The van der Waals surface area contributed by atoms with Crippen LogP contribution in [0.3, 0.4) is 0 Å². The summed E-state index contributed by atoms with van der Waals surface area (Å²) in [5.41, 5.74) is 4.40. The predicted octanol–water partition coefficient (Wildman–Crippen LogP) is 5.32. The van der Waals surface area contributed by atoms with Crippen molar-refractivity contribution >= 4 is 46.6 Å². The van der Waals surface area contributed by atoms with Crippen molar-refractivity contribution in [2.24, 2.45) is 0 Å². The number of carbonyl (C=O) groups is 2. The highest BCUT2D eigenvalue weighted by atomic mass is 35.5. The van der Waals surface area contributed by atoms with Crippen LogP contribution in [0.1, 0.15) is 43.1 Å². The van der Waals surface area contributed by atoms with Gasteiger partial charge in [-0.3, -0.25) is 4.79 Å². The van der Waals surface area contributed by atoms with Crippen molar-refractivity contribution in [2.45, 2.75) is 27.7 Å². The minimum absolute atomic E-state index is 0.0113. The molecule has 0 spiro atoms. The summed E-state index contributed by atoms with van der Waals surface area (Å²) in [6.07, 6.45) is 1.20. The number of aromatic nitrogens is 1. The molecule has 0 fully saturated rings. The van der Waals surface area contributed by atoms with Crippen LogP contribution in [0.2, 0.25) is 15.1 Å². The van der Waals surface area contributed by atoms with E-state index < -0.39 is 12.6 Å². The molecule has 1 aromatic carbocycles. The maximum atomic E-state index is 12.4. The Balaban J connectivity index is 2.18. The van der Waals surface area contributed by atoms with Gasteiger partial charge in [-0.2, -0.15) is 0 Å².